The first kappa shape index (κ1) is 37.0. The minimum Gasteiger partial charge on any atom is -0.456 e. The number of thiophene rings is 1. The molecule has 10 aromatic carbocycles. The second-order valence-corrected chi connectivity index (χ2v) is 19.1. The third kappa shape index (κ3) is 4.73. The van der Waals surface area contributed by atoms with Crippen LogP contribution in [0.15, 0.2) is 240 Å². The van der Waals surface area contributed by atoms with Crippen molar-refractivity contribution in [3.05, 3.63) is 280 Å². The molecule has 12 aromatic rings. The van der Waals surface area contributed by atoms with Gasteiger partial charge in [0.05, 0.1) is 16.5 Å². The third-order valence-electron chi connectivity index (χ3n) is 15.2. The van der Waals surface area contributed by atoms with Crippen LogP contribution in [0.25, 0.3) is 65.4 Å². The molecule has 3 aliphatic carbocycles. The molecule has 2 nitrogen and oxygen atoms in total. The number of para-hydroxylation sites is 1. The number of anilines is 3. The van der Waals surface area contributed by atoms with Gasteiger partial charge in [0.25, 0.3) is 0 Å². The van der Waals surface area contributed by atoms with Gasteiger partial charge in [0.1, 0.15) is 11.2 Å². The van der Waals surface area contributed by atoms with E-state index in [1.54, 1.807) is 11.3 Å². The van der Waals surface area contributed by atoms with E-state index < -0.39 is 10.8 Å². The minimum absolute atomic E-state index is 0.579. The normalized spacial score (nSPS) is 15.6. The minimum atomic E-state index is -0.683. The first-order valence-corrected chi connectivity index (χ1v) is 24.0. The van der Waals surface area contributed by atoms with Gasteiger partial charge in [-0.2, -0.15) is 0 Å². The molecule has 3 aliphatic rings. The summed E-state index contributed by atoms with van der Waals surface area (Å²) in [6.07, 6.45) is 0. The molecule has 2 spiro atoms. The number of furan rings is 1. The molecule has 0 N–H and O–H groups in total. The molecule has 0 aliphatic heterocycles. The zero-order valence-electron chi connectivity index (χ0n) is 36.3. The largest absolute Gasteiger partial charge is 0.456 e. The standard InChI is InChI=1S/C64H39NOS/c1-2-16-40(17-3-1)41-30-32-42(33-31-41)65(57-39-67-60-29-15-8-21-47(57)60)43-34-35-54-56(38-43)64(51-25-11-6-20-46(51)61-55(64)36-37-59-62(61)48-22-7-14-28-58(48)66-59)53-27-13-12-26-52(53)63(54)49-23-9-4-18-44(49)45-19-5-10-24-50(45)63/h1-39H. The predicted molar refractivity (Wildman–Crippen MR) is 277 cm³/mol. The summed E-state index contributed by atoms with van der Waals surface area (Å²) in [5.74, 6) is 0. The van der Waals surface area contributed by atoms with Crippen LogP contribution in [0.4, 0.5) is 17.1 Å². The van der Waals surface area contributed by atoms with Crippen LogP contribution in [0, 0.1) is 0 Å². The van der Waals surface area contributed by atoms with Crippen LogP contribution >= 0.6 is 11.3 Å². The Kier molecular flexibility index (Phi) is 7.54. The number of fused-ring (bicyclic) bond motifs is 21. The Bertz CT molecular complexity index is 3960. The Morgan fingerprint density at radius 2 is 0.881 bits per heavy atom. The van der Waals surface area contributed by atoms with E-state index in [4.69, 9.17) is 4.42 Å². The van der Waals surface area contributed by atoms with Gasteiger partial charge < -0.3 is 9.32 Å². The maximum Gasteiger partial charge on any atom is 0.136 e. The SMILES string of the molecule is c1ccc(-c2ccc(N(c3ccc4c(c3)C3(c5ccccc5-c5c3ccc3oc6ccccc6c53)c3ccccc3C43c4ccccc4-c4ccccc43)c3csc4ccccc34)cc2)cc1. The zero-order chi connectivity index (χ0) is 43.8. The van der Waals surface area contributed by atoms with E-state index in [9.17, 15) is 0 Å². The van der Waals surface area contributed by atoms with E-state index in [1.165, 1.54) is 99.0 Å². The highest BCUT2D eigenvalue weighted by molar-refractivity contribution is 7.17. The highest BCUT2D eigenvalue weighted by Crippen LogP contribution is 2.68. The van der Waals surface area contributed by atoms with Gasteiger partial charge in [-0.05, 0) is 120 Å². The first-order chi connectivity index (χ1) is 33.2. The smallest absolute Gasteiger partial charge is 0.136 e. The molecule has 0 radical (unpaired) electrons. The van der Waals surface area contributed by atoms with Crippen molar-refractivity contribution in [2.75, 3.05) is 4.90 Å². The van der Waals surface area contributed by atoms with Crippen LogP contribution in [-0.2, 0) is 10.8 Å². The van der Waals surface area contributed by atoms with Crippen LogP contribution in [-0.4, -0.2) is 0 Å². The van der Waals surface area contributed by atoms with Gasteiger partial charge >= 0.3 is 0 Å². The molecule has 0 saturated carbocycles. The lowest BCUT2D eigenvalue weighted by molar-refractivity contribution is 0.632. The summed E-state index contributed by atoms with van der Waals surface area (Å²) in [4.78, 5) is 2.50. The predicted octanol–water partition coefficient (Wildman–Crippen LogP) is 17.0. The van der Waals surface area contributed by atoms with Crippen LogP contribution in [0.2, 0.25) is 0 Å². The molecule has 0 amide bonds. The summed E-state index contributed by atoms with van der Waals surface area (Å²) >= 11 is 1.80. The van der Waals surface area contributed by atoms with Crippen molar-refractivity contribution in [2.45, 2.75) is 10.8 Å². The van der Waals surface area contributed by atoms with Gasteiger partial charge in [-0.15, -0.1) is 11.3 Å². The summed E-state index contributed by atoms with van der Waals surface area (Å²) in [6, 6.07) is 86.1. The van der Waals surface area contributed by atoms with Crippen LogP contribution in [0.3, 0.4) is 0 Å². The molecule has 0 saturated heterocycles. The van der Waals surface area contributed by atoms with Crippen LogP contribution in [0.5, 0.6) is 0 Å². The second kappa shape index (κ2) is 13.6. The fraction of sp³-hybridized carbons (Fsp3) is 0.0312. The number of benzene rings is 10. The maximum atomic E-state index is 6.67. The Morgan fingerprint density at radius 3 is 1.61 bits per heavy atom. The van der Waals surface area contributed by atoms with Crippen molar-refractivity contribution in [3.63, 3.8) is 0 Å². The lowest BCUT2D eigenvalue weighted by Gasteiger charge is -2.49. The molecular formula is C64H39NOS. The Morgan fingerprint density at radius 1 is 0.358 bits per heavy atom. The monoisotopic (exact) mass is 869 g/mol. The van der Waals surface area contributed by atoms with Crippen molar-refractivity contribution >= 4 is 60.4 Å². The number of nitrogens with zero attached hydrogens (tertiary/aromatic N) is 1. The van der Waals surface area contributed by atoms with Crippen LogP contribution < -0.4 is 4.90 Å². The molecule has 0 fully saturated rings. The average molecular weight is 870 g/mol. The molecule has 1 unspecified atom stereocenters. The molecule has 1 atom stereocenters. The summed E-state index contributed by atoms with van der Waals surface area (Å²) in [7, 11) is 0. The fourth-order valence-corrected chi connectivity index (χ4v) is 13.6. The maximum absolute atomic E-state index is 6.67. The van der Waals surface area contributed by atoms with E-state index in [1.807, 2.05) is 0 Å². The summed E-state index contributed by atoms with van der Waals surface area (Å²) in [5, 5.41) is 5.89. The van der Waals surface area contributed by atoms with E-state index in [0.717, 1.165) is 27.9 Å². The lowest BCUT2D eigenvalue weighted by atomic mass is 9.52. The van der Waals surface area contributed by atoms with E-state index in [-0.39, 0.29) is 0 Å². The Hall–Kier alpha value is -8.24. The molecule has 15 rings (SSSR count). The van der Waals surface area contributed by atoms with Crippen molar-refractivity contribution < 1.29 is 4.42 Å². The lowest BCUT2D eigenvalue weighted by Crippen LogP contribution is -2.43. The van der Waals surface area contributed by atoms with E-state index in [2.05, 4.69) is 241 Å². The third-order valence-corrected chi connectivity index (χ3v) is 16.2. The van der Waals surface area contributed by atoms with Crippen molar-refractivity contribution in [1.82, 2.24) is 0 Å². The topological polar surface area (TPSA) is 16.4 Å². The first-order valence-electron chi connectivity index (χ1n) is 23.2. The fourth-order valence-electron chi connectivity index (χ4n) is 12.7. The zero-order valence-corrected chi connectivity index (χ0v) is 37.1. The molecule has 2 heterocycles. The van der Waals surface area contributed by atoms with Gasteiger partial charge in [0, 0.05) is 37.6 Å². The quantitative estimate of drug-likeness (QED) is 0.175. The molecular weight excluding hydrogens is 831 g/mol. The van der Waals surface area contributed by atoms with Gasteiger partial charge in [-0.3, -0.25) is 0 Å². The molecule has 0 bridgehead atoms. The Balaban J connectivity index is 1.09. The molecule has 67 heavy (non-hydrogen) atoms. The Labute approximate surface area is 392 Å². The van der Waals surface area contributed by atoms with Gasteiger partial charge in [-0.1, -0.05) is 188 Å². The molecule has 312 valence electrons. The molecule has 2 aromatic heterocycles. The van der Waals surface area contributed by atoms with E-state index >= 15 is 0 Å². The summed E-state index contributed by atoms with van der Waals surface area (Å²) in [6.45, 7) is 0. The average Bonchev–Trinajstić information content (AvgIpc) is 4.15. The highest BCUT2D eigenvalue weighted by Gasteiger charge is 2.59. The summed E-state index contributed by atoms with van der Waals surface area (Å²) in [5.41, 5.74) is 21.9. The van der Waals surface area contributed by atoms with E-state index in [0.29, 0.717) is 0 Å². The van der Waals surface area contributed by atoms with Crippen molar-refractivity contribution in [3.8, 4) is 33.4 Å². The summed E-state index contributed by atoms with van der Waals surface area (Å²) < 4.78 is 7.93. The van der Waals surface area contributed by atoms with Gasteiger partial charge in [-0.25, -0.2) is 0 Å². The number of hydrogen-bond donors (Lipinski definition) is 0. The van der Waals surface area contributed by atoms with Crippen molar-refractivity contribution in [2.24, 2.45) is 0 Å². The van der Waals surface area contributed by atoms with Gasteiger partial charge in [0.2, 0.25) is 0 Å². The van der Waals surface area contributed by atoms with Gasteiger partial charge in [0.15, 0.2) is 0 Å². The van der Waals surface area contributed by atoms with Crippen molar-refractivity contribution in [1.29, 1.82) is 0 Å². The highest BCUT2D eigenvalue weighted by atomic mass is 32.1. The molecule has 3 heteroatoms. The number of hydrogen-bond acceptors (Lipinski definition) is 3. The number of rotatable bonds is 4. The van der Waals surface area contributed by atoms with Crippen LogP contribution in [0.1, 0.15) is 44.5 Å². The second-order valence-electron chi connectivity index (χ2n) is 18.2.